The number of amides is 2. The molecule has 1 heterocycles. The fourth-order valence-electron chi connectivity index (χ4n) is 1.39. The first kappa shape index (κ1) is 16.7. The van der Waals surface area contributed by atoms with Crippen molar-refractivity contribution >= 4 is 12.0 Å². The summed E-state index contributed by atoms with van der Waals surface area (Å²) in [4.78, 5) is 27.3. The first-order chi connectivity index (χ1) is 9.58. The lowest BCUT2D eigenvalue weighted by atomic mass is 10.0. The van der Waals surface area contributed by atoms with E-state index in [-0.39, 0.29) is 6.54 Å². The average Bonchev–Trinajstić information content (AvgIpc) is 2.38. The zero-order chi connectivity index (χ0) is 16.3. The highest BCUT2D eigenvalue weighted by Gasteiger charge is 2.58. The smallest absolute Gasteiger partial charge is 0.422 e. The number of aromatic nitrogens is 1. The van der Waals surface area contributed by atoms with Crippen LogP contribution in [0, 0.1) is 0 Å². The number of urea groups is 1. The minimum absolute atomic E-state index is 0.00672. The highest BCUT2D eigenvalue weighted by Crippen LogP contribution is 2.30. The van der Waals surface area contributed by atoms with Gasteiger partial charge >= 0.3 is 18.2 Å². The molecule has 1 unspecified atom stereocenters. The molecule has 1 rings (SSSR count). The summed E-state index contributed by atoms with van der Waals surface area (Å²) < 4.78 is 38.3. The van der Waals surface area contributed by atoms with Gasteiger partial charge in [-0.15, -0.1) is 0 Å². The maximum Gasteiger partial charge on any atom is 0.422 e. The molecule has 21 heavy (non-hydrogen) atoms. The molecule has 0 aromatic carbocycles. The van der Waals surface area contributed by atoms with Gasteiger partial charge in [0.15, 0.2) is 0 Å². The van der Waals surface area contributed by atoms with E-state index in [4.69, 9.17) is 5.11 Å². The van der Waals surface area contributed by atoms with Crippen LogP contribution in [-0.2, 0) is 11.3 Å². The maximum absolute atomic E-state index is 12.8. The standard InChI is InChI=1S/C12H14F3N3O3/c1-11(9(19)20,12(13,14)15)17-10(21)18(2)7-8-4-3-5-16-6-8/h3-6H,7H2,1-2H3,(H,17,21)(H,19,20). The Balaban J connectivity index is 2.81. The predicted octanol–water partition coefficient (Wildman–Crippen LogP) is 1.63. The summed E-state index contributed by atoms with van der Waals surface area (Å²) >= 11 is 0. The van der Waals surface area contributed by atoms with E-state index in [1.165, 1.54) is 24.8 Å². The monoisotopic (exact) mass is 305 g/mol. The average molecular weight is 305 g/mol. The molecule has 0 spiro atoms. The van der Waals surface area contributed by atoms with Crippen molar-refractivity contribution in [2.45, 2.75) is 25.2 Å². The number of hydrogen-bond acceptors (Lipinski definition) is 3. The number of rotatable bonds is 4. The lowest BCUT2D eigenvalue weighted by Crippen LogP contribution is -2.63. The van der Waals surface area contributed by atoms with Crippen LogP contribution in [-0.4, -0.2) is 45.8 Å². The summed E-state index contributed by atoms with van der Waals surface area (Å²) in [5.41, 5.74) is -2.76. The molecule has 0 aliphatic heterocycles. The van der Waals surface area contributed by atoms with Crippen LogP contribution in [0.5, 0.6) is 0 Å². The molecule has 0 aliphatic carbocycles. The summed E-state index contributed by atoms with van der Waals surface area (Å²) in [7, 11) is 1.25. The molecule has 0 bridgehead atoms. The van der Waals surface area contributed by atoms with Gasteiger partial charge in [-0.2, -0.15) is 13.2 Å². The lowest BCUT2D eigenvalue weighted by Gasteiger charge is -2.30. The van der Waals surface area contributed by atoms with Gasteiger partial charge in [0, 0.05) is 26.0 Å². The zero-order valence-electron chi connectivity index (χ0n) is 11.3. The van der Waals surface area contributed by atoms with Gasteiger partial charge in [0.25, 0.3) is 0 Å². The summed E-state index contributed by atoms with van der Waals surface area (Å²) in [5.74, 6) is -2.18. The van der Waals surface area contributed by atoms with E-state index in [0.29, 0.717) is 12.5 Å². The molecule has 1 aromatic rings. The Kier molecular flexibility index (Phi) is 4.77. The molecule has 6 nitrogen and oxygen atoms in total. The number of halogens is 3. The minimum Gasteiger partial charge on any atom is -0.479 e. The molecule has 1 atom stereocenters. The van der Waals surface area contributed by atoms with Crippen LogP contribution in [0.15, 0.2) is 24.5 Å². The van der Waals surface area contributed by atoms with Crippen molar-refractivity contribution in [3.05, 3.63) is 30.1 Å². The Morgan fingerprint density at radius 1 is 1.43 bits per heavy atom. The Morgan fingerprint density at radius 2 is 2.05 bits per heavy atom. The van der Waals surface area contributed by atoms with Crippen LogP contribution in [0.2, 0.25) is 0 Å². The highest BCUT2D eigenvalue weighted by atomic mass is 19.4. The molecule has 2 N–H and O–H groups in total. The van der Waals surface area contributed by atoms with E-state index in [2.05, 4.69) is 4.98 Å². The number of alkyl halides is 3. The number of hydrogen-bond donors (Lipinski definition) is 2. The molecule has 0 saturated heterocycles. The molecule has 0 aliphatic rings. The highest BCUT2D eigenvalue weighted by molar-refractivity contribution is 5.86. The first-order valence-electron chi connectivity index (χ1n) is 5.80. The number of carboxylic acids is 1. The van der Waals surface area contributed by atoms with Gasteiger partial charge in [-0.1, -0.05) is 6.07 Å². The second-order valence-electron chi connectivity index (χ2n) is 4.58. The third kappa shape index (κ3) is 3.83. The number of nitrogens with zero attached hydrogens (tertiary/aromatic N) is 2. The topological polar surface area (TPSA) is 82.5 Å². The van der Waals surface area contributed by atoms with E-state index in [1.54, 1.807) is 12.1 Å². The van der Waals surface area contributed by atoms with E-state index in [0.717, 1.165) is 4.90 Å². The molecule has 0 radical (unpaired) electrons. The van der Waals surface area contributed by atoms with Crippen LogP contribution in [0.4, 0.5) is 18.0 Å². The lowest BCUT2D eigenvalue weighted by molar-refractivity contribution is -0.203. The second-order valence-corrected chi connectivity index (χ2v) is 4.58. The van der Waals surface area contributed by atoms with Gasteiger partial charge in [-0.3, -0.25) is 4.98 Å². The van der Waals surface area contributed by atoms with Gasteiger partial charge < -0.3 is 15.3 Å². The number of nitrogens with one attached hydrogen (secondary N) is 1. The Morgan fingerprint density at radius 3 is 2.48 bits per heavy atom. The third-order valence-corrected chi connectivity index (χ3v) is 2.84. The fraction of sp³-hybridized carbons (Fsp3) is 0.417. The van der Waals surface area contributed by atoms with Crippen molar-refractivity contribution < 1.29 is 27.9 Å². The normalized spacial score (nSPS) is 14.1. The molecule has 0 fully saturated rings. The number of carbonyl (C=O) groups excluding carboxylic acids is 1. The van der Waals surface area contributed by atoms with Crippen molar-refractivity contribution in [3.8, 4) is 0 Å². The van der Waals surface area contributed by atoms with Crippen LogP contribution in [0.3, 0.4) is 0 Å². The minimum atomic E-state index is -5.12. The molecule has 0 saturated carbocycles. The number of carbonyl (C=O) groups is 2. The quantitative estimate of drug-likeness (QED) is 0.885. The summed E-state index contributed by atoms with van der Waals surface area (Å²) in [6.07, 6.45) is -2.16. The van der Waals surface area contributed by atoms with Gasteiger partial charge in [-0.25, -0.2) is 9.59 Å². The van der Waals surface area contributed by atoms with Crippen LogP contribution in [0.1, 0.15) is 12.5 Å². The Bertz CT molecular complexity index is 521. The first-order valence-corrected chi connectivity index (χ1v) is 5.80. The molecule has 9 heteroatoms. The van der Waals surface area contributed by atoms with Crippen molar-refractivity contribution in [3.63, 3.8) is 0 Å². The van der Waals surface area contributed by atoms with Crippen LogP contribution >= 0.6 is 0 Å². The van der Waals surface area contributed by atoms with Crippen molar-refractivity contribution in [2.75, 3.05) is 7.05 Å². The third-order valence-electron chi connectivity index (χ3n) is 2.84. The molecular formula is C12H14F3N3O3. The van der Waals surface area contributed by atoms with Crippen molar-refractivity contribution in [1.29, 1.82) is 0 Å². The molecule has 1 aromatic heterocycles. The van der Waals surface area contributed by atoms with Gasteiger partial charge in [-0.05, 0) is 18.6 Å². The number of aliphatic carboxylic acids is 1. The molecular weight excluding hydrogens is 291 g/mol. The van der Waals surface area contributed by atoms with Crippen molar-refractivity contribution in [2.24, 2.45) is 0 Å². The fourth-order valence-corrected chi connectivity index (χ4v) is 1.39. The van der Waals surface area contributed by atoms with Crippen LogP contribution < -0.4 is 5.32 Å². The van der Waals surface area contributed by atoms with E-state index in [1.807, 2.05) is 0 Å². The molecule has 2 amide bonds. The van der Waals surface area contributed by atoms with Crippen LogP contribution in [0.25, 0.3) is 0 Å². The van der Waals surface area contributed by atoms with E-state index in [9.17, 15) is 22.8 Å². The van der Waals surface area contributed by atoms with Crippen molar-refractivity contribution in [1.82, 2.24) is 15.2 Å². The predicted molar refractivity (Wildman–Crippen MR) is 66.3 cm³/mol. The maximum atomic E-state index is 12.8. The Labute approximate surface area is 118 Å². The zero-order valence-corrected chi connectivity index (χ0v) is 11.3. The van der Waals surface area contributed by atoms with Gasteiger partial charge in [0.1, 0.15) is 0 Å². The second kappa shape index (κ2) is 5.98. The molecule has 116 valence electrons. The van der Waals surface area contributed by atoms with Gasteiger partial charge in [0.2, 0.25) is 5.54 Å². The summed E-state index contributed by atoms with van der Waals surface area (Å²) in [6, 6.07) is 2.09. The van der Waals surface area contributed by atoms with Gasteiger partial charge in [0.05, 0.1) is 0 Å². The largest absolute Gasteiger partial charge is 0.479 e. The number of pyridine rings is 1. The van der Waals surface area contributed by atoms with E-state index >= 15 is 0 Å². The number of carboxylic acid groups (broad SMARTS) is 1. The SMILES string of the molecule is CN(Cc1cccnc1)C(=O)NC(C)(C(=O)O)C(F)(F)F. The summed E-state index contributed by atoms with van der Waals surface area (Å²) in [5, 5.41) is 10.2. The summed E-state index contributed by atoms with van der Waals surface area (Å²) in [6.45, 7) is 0.387. The Hall–Kier alpha value is -2.32. The van der Waals surface area contributed by atoms with E-state index < -0.39 is 23.7 Å².